The van der Waals surface area contributed by atoms with Crippen molar-refractivity contribution < 1.29 is 14.2 Å². The minimum atomic E-state index is 0.585. The van der Waals surface area contributed by atoms with E-state index < -0.39 is 0 Å². The van der Waals surface area contributed by atoms with Crippen LogP contribution in [0.5, 0.6) is 17.2 Å². The van der Waals surface area contributed by atoms with Gasteiger partial charge < -0.3 is 19.2 Å². The fourth-order valence-corrected chi connectivity index (χ4v) is 2.75. The molecule has 0 saturated carbocycles. The van der Waals surface area contributed by atoms with Crippen LogP contribution in [0.2, 0.25) is 0 Å². The highest BCUT2D eigenvalue weighted by molar-refractivity contribution is 5.80. The van der Waals surface area contributed by atoms with Crippen molar-refractivity contribution in [2.75, 3.05) is 19.8 Å². The van der Waals surface area contributed by atoms with Crippen molar-refractivity contribution in [3.63, 3.8) is 0 Å². The minimum Gasteiger partial charge on any atom is -0.494 e. The van der Waals surface area contributed by atoms with Crippen LogP contribution in [0.15, 0.2) is 36.4 Å². The van der Waals surface area contributed by atoms with Gasteiger partial charge in [-0.1, -0.05) is 12.1 Å². The molecule has 118 valence electrons. The van der Waals surface area contributed by atoms with E-state index >= 15 is 0 Å². The molecule has 1 aliphatic rings. The number of aromatic nitrogens is 2. The number of benzene rings is 2. The van der Waals surface area contributed by atoms with Crippen LogP contribution in [0, 0.1) is 0 Å². The largest absolute Gasteiger partial charge is 0.494 e. The Morgan fingerprint density at radius 3 is 2.57 bits per heavy atom. The fraction of sp³-hybridized carbons (Fsp3) is 0.278. The molecule has 0 saturated heterocycles. The van der Waals surface area contributed by atoms with E-state index in [1.807, 2.05) is 31.2 Å². The zero-order chi connectivity index (χ0) is 15.6. The highest BCUT2D eigenvalue weighted by Gasteiger charge is 2.14. The first kappa shape index (κ1) is 13.9. The summed E-state index contributed by atoms with van der Waals surface area (Å²) >= 11 is 0. The molecular weight excluding hydrogens is 292 g/mol. The summed E-state index contributed by atoms with van der Waals surface area (Å²) in [6.07, 6.45) is 0.744. The maximum Gasteiger partial charge on any atom is 0.163 e. The molecular formula is C18H18N2O3. The molecule has 1 N–H and O–H groups in total. The first-order chi connectivity index (χ1) is 11.3. The Labute approximate surface area is 134 Å². The highest BCUT2D eigenvalue weighted by atomic mass is 16.6. The lowest BCUT2D eigenvalue weighted by Crippen LogP contribution is -2.15. The van der Waals surface area contributed by atoms with E-state index in [1.54, 1.807) is 0 Å². The van der Waals surface area contributed by atoms with E-state index in [-0.39, 0.29) is 0 Å². The number of nitrogens with zero attached hydrogens (tertiary/aromatic N) is 1. The summed E-state index contributed by atoms with van der Waals surface area (Å²) in [5.74, 6) is 3.36. The lowest BCUT2D eigenvalue weighted by atomic mass is 10.1. The van der Waals surface area contributed by atoms with Crippen LogP contribution >= 0.6 is 0 Å². The second-order valence-electron chi connectivity index (χ2n) is 5.45. The standard InChI is InChI=1S/C18H18N2O3/c1-2-21-13-5-3-12(4-6-13)9-18-19-14-10-16-17(11-15(14)20-18)23-8-7-22-16/h3-6,10-11H,2,7-9H2,1H3,(H,19,20). The molecule has 1 aliphatic heterocycles. The molecule has 0 atom stereocenters. The maximum atomic E-state index is 5.61. The topological polar surface area (TPSA) is 56.4 Å². The Balaban J connectivity index is 1.59. The zero-order valence-electron chi connectivity index (χ0n) is 13.0. The second kappa shape index (κ2) is 5.83. The van der Waals surface area contributed by atoms with Gasteiger partial charge in [0.05, 0.1) is 17.6 Å². The van der Waals surface area contributed by atoms with Crippen molar-refractivity contribution in [3.8, 4) is 17.2 Å². The molecule has 0 bridgehead atoms. The van der Waals surface area contributed by atoms with Gasteiger partial charge in [0.2, 0.25) is 0 Å². The van der Waals surface area contributed by atoms with E-state index in [2.05, 4.69) is 22.1 Å². The van der Waals surface area contributed by atoms with Crippen molar-refractivity contribution in [1.29, 1.82) is 0 Å². The molecule has 0 unspecified atom stereocenters. The van der Waals surface area contributed by atoms with Crippen LogP contribution in [-0.4, -0.2) is 29.8 Å². The molecule has 0 fully saturated rings. The maximum absolute atomic E-state index is 5.61. The molecule has 23 heavy (non-hydrogen) atoms. The van der Waals surface area contributed by atoms with E-state index in [9.17, 15) is 0 Å². The predicted octanol–water partition coefficient (Wildman–Crippen LogP) is 3.32. The summed E-state index contributed by atoms with van der Waals surface area (Å²) in [7, 11) is 0. The van der Waals surface area contributed by atoms with E-state index in [0.717, 1.165) is 40.5 Å². The van der Waals surface area contributed by atoms with E-state index in [4.69, 9.17) is 14.2 Å². The number of aromatic amines is 1. The average Bonchev–Trinajstić information content (AvgIpc) is 2.95. The number of ether oxygens (including phenoxy) is 3. The Morgan fingerprint density at radius 2 is 1.83 bits per heavy atom. The summed E-state index contributed by atoms with van der Waals surface area (Å²) < 4.78 is 16.7. The quantitative estimate of drug-likeness (QED) is 0.803. The molecule has 0 aliphatic carbocycles. The first-order valence-electron chi connectivity index (χ1n) is 7.82. The molecule has 3 aromatic rings. The predicted molar refractivity (Wildman–Crippen MR) is 87.5 cm³/mol. The third-order valence-corrected chi connectivity index (χ3v) is 3.80. The molecule has 0 radical (unpaired) electrons. The van der Waals surface area contributed by atoms with Crippen LogP contribution in [0.4, 0.5) is 0 Å². The van der Waals surface area contributed by atoms with E-state index in [1.165, 1.54) is 5.56 Å². The summed E-state index contributed by atoms with van der Waals surface area (Å²) in [4.78, 5) is 8.01. The highest BCUT2D eigenvalue weighted by Crippen LogP contribution is 2.33. The van der Waals surface area contributed by atoms with E-state index in [0.29, 0.717) is 19.8 Å². The molecule has 5 heteroatoms. The fourth-order valence-electron chi connectivity index (χ4n) is 2.75. The summed E-state index contributed by atoms with van der Waals surface area (Å²) in [6, 6.07) is 12.0. The van der Waals surface area contributed by atoms with Crippen molar-refractivity contribution in [1.82, 2.24) is 9.97 Å². The average molecular weight is 310 g/mol. The first-order valence-corrected chi connectivity index (χ1v) is 7.82. The van der Waals surface area contributed by atoms with Gasteiger partial charge in [-0.15, -0.1) is 0 Å². The van der Waals surface area contributed by atoms with Crippen LogP contribution < -0.4 is 14.2 Å². The molecule has 2 aromatic carbocycles. The Bertz CT molecular complexity index is 781. The van der Waals surface area contributed by atoms with Gasteiger partial charge in [-0.05, 0) is 24.6 Å². The molecule has 4 rings (SSSR count). The van der Waals surface area contributed by atoms with Crippen LogP contribution in [-0.2, 0) is 6.42 Å². The number of fused-ring (bicyclic) bond motifs is 2. The van der Waals surface area contributed by atoms with Gasteiger partial charge in [-0.2, -0.15) is 0 Å². The number of H-pyrrole nitrogens is 1. The Kier molecular flexibility index (Phi) is 3.54. The number of hydrogen-bond donors (Lipinski definition) is 1. The third-order valence-electron chi connectivity index (χ3n) is 3.80. The Morgan fingerprint density at radius 1 is 1.09 bits per heavy atom. The number of rotatable bonds is 4. The zero-order valence-corrected chi connectivity index (χ0v) is 13.0. The smallest absolute Gasteiger partial charge is 0.163 e. The SMILES string of the molecule is CCOc1ccc(Cc2nc3cc4c(cc3[nH]2)OCCO4)cc1. The minimum absolute atomic E-state index is 0.585. The molecule has 5 nitrogen and oxygen atoms in total. The van der Waals surface area contributed by atoms with Crippen LogP contribution in [0.3, 0.4) is 0 Å². The lowest BCUT2D eigenvalue weighted by molar-refractivity contribution is 0.172. The van der Waals surface area contributed by atoms with Gasteiger partial charge in [0, 0.05) is 18.6 Å². The molecule has 0 amide bonds. The summed E-state index contributed by atoms with van der Waals surface area (Å²) in [5.41, 5.74) is 3.05. The number of imidazole rings is 1. The van der Waals surface area contributed by atoms with Gasteiger partial charge in [0.15, 0.2) is 11.5 Å². The normalized spacial score (nSPS) is 13.3. The second-order valence-corrected chi connectivity index (χ2v) is 5.45. The van der Waals surface area contributed by atoms with Gasteiger partial charge in [-0.3, -0.25) is 0 Å². The van der Waals surface area contributed by atoms with Gasteiger partial charge in [-0.25, -0.2) is 4.98 Å². The monoisotopic (exact) mass is 310 g/mol. The van der Waals surface area contributed by atoms with Crippen LogP contribution in [0.1, 0.15) is 18.3 Å². The van der Waals surface area contributed by atoms with Crippen molar-refractivity contribution in [2.24, 2.45) is 0 Å². The van der Waals surface area contributed by atoms with Gasteiger partial charge in [0.1, 0.15) is 24.8 Å². The number of nitrogens with one attached hydrogen (secondary N) is 1. The summed E-state index contributed by atoms with van der Waals surface area (Å²) in [5, 5.41) is 0. The lowest BCUT2D eigenvalue weighted by Gasteiger charge is -2.17. The van der Waals surface area contributed by atoms with Crippen molar-refractivity contribution in [3.05, 3.63) is 47.8 Å². The van der Waals surface area contributed by atoms with Crippen LogP contribution in [0.25, 0.3) is 11.0 Å². The summed E-state index contributed by atoms with van der Waals surface area (Å²) in [6.45, 7) is 3.83. The Hall–Kier alpha value is -2.69. The van der Waals surface area contributed by atoms with Gasteiger partial charge in [0.25, 0.3) is 0 Å². The van der Waals surface area contributed by atoms with Gasteiger partial charge >= 0.3 is 0 Å². The van der Waals surface area contributed by atoms with Crippen molar-refractivity contribution >= 4 is 11.0 Å². The number of hydrogen-bond acceptors (Lipinski definition) is 4. The molecule has 1 aromatic heterocycles. The third kappa shape index (κ3) is 2.82. The molecule has 0 spiro atoms. The van der Waals surface area contributed by atoms with Crippen molar-refractivity contribution in [2.45, 2.75) is 13.3 Å². The molecule has 2 heterocycles.